The SMILES string of the molecule is COc1ccc(CCNC(=O)c2cc(C(=O)NCc3ccccc3)ccn2)cc1. The topological polar surface area (TPSA) is 80.3 Å². The van der Waals surface area contributed by atoms with Gasteiger partial charge >= 0.3 is 0 Å². The molecular formula is C23H23N3O3. The number of pyridine rings is 1. The van der Waals surface area contributed by atoms with Gasteiger partial charge in [0, 0.05) is 24.8 Å². The fraction of sp³-hybridized carbons (Fsp3) is 0.174. The minimum absolute atomic E-state index is 0.215. The molecule has 1 aromatic heterocycles. The van der Waals surface area contributed by atoms with Crippen LogP contribution in [0.5, 0.6) is 5.75 Å². The summed E-state index contributed by atoms with van der Waals surface area (Å²) in [5.41, 5.74) is 2.71. The Labute approximate surface area is 169 Å². The van der Waals surface area contributed by atoms with Crippen LogP contribution < -0.4 is 15.4 Å². The predicted octanol–water partition coefficient (Wildman–Crippen LogP) is 2.99. The van der Waals surface area contributed by atoms with Gasteiger partial charge < -0.3 is 15.4 Å². The van der Waals surface area contributed by atoms with E-state index in [1.807, 2.05) is 54.6 Å². The Bertz CT molecular complexity index is 957. The van der Waals surface area contributed by atoms with Crippen molar-refractivity contribution >= 4 is 11.8 Å². The predicted molar refractivity (Wildman–Crippen MR) is 111 cm³/mol. The Morgan fingerprint density at radius 2 is 1.66 bits per heavy atom. The number of benzene rings is 2. The van der Waals surface area contributed by atoms with Gasteiger partial charge in [-0.2, -0.15) is 0 Å². The molecule has 0 unspecified atom stereocenters. The molecule has 29 heavy (non-hydrogen) atoms. The summed E-state index contributed by atoms with van der Waals surface area (Å²) in [5, 5.41) is 5.68. The first-order valence-corrected chi connectivity index (χ1v) is 9.35. The molecule has 1 heterocycles. The molecule has 2 N–H and O–H groups in total. The fourth-order valence-electron chi connectivity index (χ4n) is 2.78. The minimum Gasteiger partial charge on any atom is -0.497 e. The van der Waals surface area contributed by atoms with Crippen LogP contribution in [0.4, 0.5) is 0 Å². The zero-order valence-corrected chi connectivity index (χ0v) is 16.2. The van der Waals surface area contributed by atoms with Crippen LogP contribution in [0.2, 0.25) is 0 Å². The summed E-state index contributed by atoms with van der Waals surface area (Å²) in [6, 6.07) is 20.4. The number of aromatic nitrogens is 1. The molecular weight excluding hydrogens is 366 g/mol. The molecule has 2 amide bonds. The van der Waals surface area contributed by atoms with Crippen LogP contribution in [0.25, 0.3) is 0 Å². The average molecular weight is 389 g/mol. The second-order valence-corrected chi connectivity index (χ2v) is 6.45. The van der Waals surface area contributed by atoms with E-state index in [2.05, 4.69) is 15.6 Å². The molecule has 0 aliphatic heterocycles. The van der Waals surface area contributed by atoms with Crippen LogP contribution in [0, 0.1) is 0 Å². The van der Waals surface area contributed by atoms with E-state index in [1.165, 1.54) is 12.3 Å². The molecule has 0 fully saturated rings. The van der Waals surface area contributed by atoms with Gasteiger partial charge in [-0.05, 0) is 41.8 Å². The van der Waals surface area contributed by atoms with Crippen molar-refractivity contribution in [2.75, 3.05) is 13.7 Å². The molecule has 0 saturated carbocycles. The van der Waals surface area contributed by atoms with Crippen LogP contribution in [-0.2, 0) is 13.0 Å². The van der Waals surface area contributed by atoms with Gasteiger partial charge in [0.15, 0.2) is 0 Å². The second kappa shape index (κ2) is 10.0. The van der Waals surface area contributed by atoms with Gasteiger partial charge in [-0.25, -0.2) is 0 Å². The highest BCUT2D eigenvalue weighted by Crippen LogP contribution is 2.11. The molecule has 6 heteroatoms. The van der Waals surface area contributed by atoms with Gasteiger partial charge in [0.1, 0.15) is 11.4 Å². The molecule has 2 aromatic carbocycles. The largest absolute Gasteiger partial charge is 0.497 e. The summed E-state index contributed by atoms with van der Waals surface area (Å²) < 4.78 is 5.13. The van der Waals surface area contributed by atoms with Crippen molar-refractivity contribution in [3.05, 3.63) is 95.3 Å². The standard InChI is InChI=1S/C23H23N3O3/c1-29-20-9-7-17(8-10-20)11-13-25-23(28)21-15-19(12-14-24-21)22(27)26-16-18-5-3-2-4-6-18/h2-10,12,14-15H,11,13,16H2,1H3,(H,25,28)(H,26,27). The summed E-state index contributed by atoms with van der Waals surface area (Å²) in [6.45, 7) is 0.892. The lowest BCUT2D eigenvalue weighted by atomic mass is 10.1. The Kier molecular flexibility index (Phi) is 6.95. The fourth-order valence-corrected chi connectivity index (χ4v) is 2.78. The summed E-state index contributed by atoms with van der Waals surface area (Å²) in [4.78, 5) is 28.8. The first-order chi connectivity index (χ1) is 14.2. The maximum atomic E-state index is 12.4. The number of methoxy groups -OCH3 is 1. The summed E-state index contributed by atoms with van der Waals surface area (Å²) in [5.74, 6) is 0.240. The second-order valence-electron chi connectivity index (χ2n) is 6.45. The molecule has 0 radical (unpaired) electrons. The third-order valence-electron chi connectivity index (χ3n) is 4.41. The number of nitrogens with zero attached hydrogens (tertiary/aromatic N) is 1. The zero-order chi connectivity index (χ0) is 20.5. The van der Waals surface area contributed by atoms with E-state index in [0.29, 0.717) is 25.1 Å². The van der Waals surface area contributed by atoms with Crippen LogP contribution in [0.3, 0.4) is 0 Å². The van der Waals surface area contributed by atoms with Crippen LogP contribution in [-0.4, -0.2) is 30.5 Å². The van der Waals surface area contributed by atoms with E-state index in [1.54, 1.807) is 13.2 Å². The van der Waals surface area contributed by atoms with E-state index in [0.717, 1.165) is 16.9 Å². The first-order valence-electron chi connectivity index (χ1n) is 9.35. The number of amides is 2. The Balaban J connectivity index is 1.52. The highest BCUT2D eigenvalue weighted by atomic mass is 16.5. The van der Waals surface area contributed by atoms with Crippen molar-refractivity contribution in [3.8, 4) is 5.75 Å². The molecule has 0 spiro atoms. The van der Waals surface area contributed by atoms with Gasteiger partial charge in [-0.1, -0.05) is 42.5 Å². The molecule has 0 saturated heterocycles. The third-order valence-corrected chi connectivity index (χ3v) is 4.41. The number of hydrogen-bond acceptors (Lipinski definition) is 4. The van der Waals surface area contributed by atoms with Crippen molar-refractivity contribution in [1.29, 1.82) is 0 Å². The van der Waals surface area contributed by atoms with Gasteiger partial charge in [0.05, 0.1) is 7.11 Å². The molecule has 0 aliphatic rings. The first kappa shape index (κ1) is 20.1. The van der Waals surface area contributed by atoms with Crippen LogP contribution in [0.1, 0.15) is 32.0 Å². The molecule has 0 bridgehead atoms. The molecule has 0 atom stereocenters. The third kappa shape index (κ3) is 5.90. The number of hydrogen-bond donors (Lipinski definition) is 2. The molecule has 0 aliphatic carbocycles. The van der Waals surface area contributed by atoms with Gasteiger partial charge in [0.2, 0.25) is 0 Å². The lowest BCUT2D eigenvalue weighted by Crippen LogP contribution is -2.27. The number of rotatable bonds is 8. The minimum atomic E-state index is -0.309. The highest BCUT2D eigenvalue weighted by Gasteiger charge is 2.11. The normalized spacial score (nSPS) is 10.2. The van der Waals surface area contributed by atoms with Gasteiger partial charge in [-0.3, -0.25) is 14.6 Å². The smallest absolute Gasteiger partial charge is 0.269 e. The zero-order valence-electron chi connectivity index (χ0n) is 16.2. The maximum absolute atomic E-state index is 12.4. The molecule has 148 valence electrons. The Hall–Kier alpha value is -3.67. The summed E-state index contributed by atoms with van der Waals surface area (Å²) in [7, 11) is 1.62. The van der Waals surface area contributed by atoms with Crippen molar-refractivity contribution in [1.82, 2.24) is 15.6 Å². The van der Waals surface area contributed by atoms with E-state index in [9.17, 15) is 9.59 Å². The molecule has 3 rings (SSSR count). The van der Waals surface area contributed by atoms with E-state index >= 15 is 0 Å². The van der Waals surface area contributed by atoms with Crippen molar-refractivity contribution in [2.24, 2.45) is 0 Å². The number of nitrogens with one attached hydrogen (secondary N) is 2. The van der Waals surface area contributed by atoms with Crippen LogP contribution in [0.15, 0.2) is 72.9 Å². The number of carbonyl (C=O) groups is 2. The Morgan fingerprint density at radius 1 is 0.897 bits per heavy atom. The summed E-state index contributed by atoms with van der Waals surface area (Å²) >= 11 is 0. The molecule has 6 nitrogen and oxygen atoms in total. The monoisotopic (exact) mass is 389 g/mol. The van der Waals surface area contributed by atoms with Crippen LogP contribution >= 0.6 is 0 Å². The van der Waals surface area contributed by atoms with Gasteiger partial charge in [0.25, 0.3) is 11.8 Å². The van der Waals surface area contributed by atoms with Crippen molar-refractivity contribution in [2.45, 2.75) is 13.0 Å². The molecule has 3 aromatic rings. The number of carbonyl (C=O) groups excluding carboxylic acids is 2. The maximum Gasteiger partial charge on any atom is 0.269 e. The van der Waals surface area contributed by atoms with E-state index < -0.39 is 0 Å². The lowest BCUT2D eigenvalue weighted by Gasteiger charge is -2.08. The van der Waals surface area contributed by atoms with Crippen molar-refractivity contribution < 1.29 is 14.3 Å². The average Bonchev–Trinajstić information content (AvgIpc) is 2.78. The number of ether oxygens (including phenoxy) is 1. The Morgan fingerprint density at radius 3 is 2.38 bits per heavy atom. The lowest BCUT2D eigenvalue weighted by molar-refractivity contribution is 0.0949. The highest BCUT2D eigenvalue weighted by molar-refractivity contribution is 5.98. The van der Waals surface area contributed by atoms with E-state index in [-0.39, 0.29) is 17.5 Å². The van der Waals surface area contributed by atoms with Gasteiger partial charge in [-0.15, -0.1) is 0 Å². The van der Waals surface area contributed by atoms with Crippen molar-refractivity contribution in [3.63, 3.8) is 0 Å². The quantitative estimate of drug-likeness (QED) is 0.621. The van der Waals surface area contributed by atoms with E-state index in [4.69, 9.17) is 4.74 Å². The summed E-state index contributed by atoms with van der Waals surface area (Å²) in [6.07, 6.45) is 2.16.